The fourth-order valence-corrected chi connectivity index (χ4v) is 8.93. The zero-order valence-corrected chi connectivity index (χ0v) is 22.9. The van der Waals surface area contributed by atoms with Crippen molar-refractivity contribution in [1.82, 2.24) is 0 Å². The molecule has 29 heavy (non-hydrogen) atoms. The highest BCUT2D eigenvalue weighted by Gasteiger charge is 2.51. The molecule has 3 aliphatic carbocycles. The van der Waals surface area contributed by atoms with Crippen LogP contribution >= 0.6 is 15.9 Å². The fraction of sp³-hybridized carbons (Fsp3) is 0.846. The third kappa shape index (κ3) is 4.67. The van der Waals surface area contributed by atoms with E-state index >= 15 is 0 Å². The Morgan fingerprint density at radius 1 is 1.28 bits per heavy atom. The van der Waals surface area contributed by atoms with E-state index in [-0.39, 0.29) is 10.6 Å². The van der Waals surface area contributed by atoms with Gasteiger partial charge in [0, 0.05) is 0 Å². The van der Waals surface area contributed by atoms with Crippen LogP contribution in [0.5, 0.6) is 0 Å². The molecule has 1 nitrogen and oxygen atoms in total. The summed E-state index contributed by atoms with van der Waals surface area (Å²) in [4.78, 5) is 2.26. The first kappa shape index (κ1) is 23.8. The van der Waals surface area contributed by atoms with Gasteiger partial charge in [-0.1, -0.05) is 68.3 Å². The lowest BCUT2D eigenvalue weighted by molar-refractivity contribution is 0.0791. The van der Waals surface area contributed by atoms with E-state index in [1.807, 2.05) is 0 Å². The molecule has 0 spiro atoms. The normalized spacial score (nSPS) is 40.4. The first-order valence-electron chi connectivity index (χ1n) is 12.0. The minimum Gasteiger partial charge on any atom is -0.408 e. The van der Waals surface area contributed by atoms with E-state index < -0.39 is 8.32 Å². The Labute approximate surface area is 190 Å². The Hall–Kier alpha value is 0.137. The highest BCUT2D eigenvalue weighted by Crippen LogP contribution is 2.60. The van der Waals surface area contributed by atoms with Crippen LogP contribution in [0.4, 0.5) is 0 Å². The van der Waals surface area contributed by atoms with Gasteiger partial charge in [-0.05, 0) is 104 Å². The summed E-state index contributed by atoms with van der Waals surface area (Å²) in [5.74, 6) is 3.16. The van der Waals surface area contributed by atoms with Crippen LogP contribution in [0.15, 0.2) is 22.7 Å². The lowest BCUT2D eigenvalue weighted by atomic mass is 9.61. The first-order valence-corrected chi connectivity index (χ1v) is 15.8. The van der Waals surface area contributed by atoms with E-state index in [1.54, 1.807) is 5.57 Å². The van der Waals surface area contributed by atoms with Crippen LogP contribution in [0.3, 0.4) is 0 Å². The van der Waals surface area contributed by atoms with E-state index in [1.165, 1.54) is 44.9 Å². The molecule has 0 aliphatic heterocycles. The number of allylic oxidation sites excluding steroid dienone is 2. The summed E-state index contributed by atoms with van der Waals surface area (Å²) in [6.45, 7) is 19.3. The quantitative estimate of drug-likeness (QED) is 0.281. The van der Waals surface area contributed by atoms with Crippen LogP contribution in [0, 0.1) is 29.1 Å². The zero-order chi connectivity index (χ0) is 21.7. The van der Waals surface area contributed by atoms with Gasteiger partial charge >= 0.3 is 0 Å². The summed E-state index contributed by atoms with van der Waals surface area (Å²) in [6.07, 6.45) is 14.3. The lowest BCUT2D eigenvalue weighted by Gasteiger charge is -2.45. The smallest absolute Gasteiger partial charge is 0.193 e. The molecule has 6 atom stereocenters. The van der Waals surface area contributed by atoms with Crippen molar-refractivity contribution < 1.29 is 4.43 Å². The fourth-order valence-electron chi connectivity index (χ4n) is 6.76. The maximum Gasteiger partial charge on any atom is 0.193 e. The Morgan fingerprint density at radius 2 is 1.97 bits per heavy atom. The minimum absolute atomic E-state index is 0.0633. The van der Waals surface area contributed by atoms with Crippen LogP contribution in [-0.2, 0) is 4.43 Å². The summed E-state index contributed by atoms with van der Waals surface area (Å²) in [6, 6.07) is 0. The molecule has 0 aromatic rings. The topological polar surface area (TPSA) is 9.23 Å². The van der Waals surface area contributed by atoms with Crippen molar-refractivity contribution >= 4 is 24.2 Å². The van der Waals surface area contributed by atoms with Crippen molar-refractivity contribution in [1.29, 1.82) is 0 Å². The van der Waals surface area contributed by atoms with Crippen LogP contribution < -0.4 is 0 Å². The van der Waals surface area contributed by atoms with E-state index in [0.717, 1.165) is 17.8 Å². The Bertz CT molecular complexity index is 660. The summed E-state index contributed by atoms with van der Waals surface area (Å²) in [5, 5.41) is 0.268. The standard InChI is InChI=1S/C26H45BrOSi/c1-19(22-11-12-23-21(18-27)10-9-14-26(22,23)6)16-20-13-15-25(5,17-20)28-29(7,8)24(2,3)4/h13,15,18-20,22-23H,9-12,14,16-17H2,1-8H3/b21-18+/t19-,20+,22-,23?,25+,26-/m1/s1. The lowest BCUT2D eigenvalue weighted by Crippen LogP contribution is -2.47. The Balaban J connectivity index is 1.63. The van der Waals surface area contributed by atoms with Gasteiger partial charge in [-0.15, -0.1) is 0 Å². The van der Waals surface area contributed by atoms with Gasteiger partial charge in [-0.3, -0.25) is 0 Å². The van der Waals surface area contributed by atoms with Gasteiger partial charge in [0.15, 0.2) is 8.32 Å². The maximum atomic E-state index is 6.86. The monoisotopic (exact) mass is 480 g/mol. The van der Waals surface area contributed by atoms with Crippen molar-refractivity contribution in [2.24, 2.45) is 29.1 Å². The number of halogens is 1. The maximum absolute atomic E-state index is 6.86. The third-order valence-corrected chi connectivity index (χ3v) is 14.4. The second-order valence-electron chi connectivity index (χ2n) is 12.5. The van der Waals surface area contributed by atoms with Crippen molar-refractivity contribution in [2.75, 3.05) is 0 Å². The molecule has 3 aliphatic rings. The highest BCUT2D eigenvalue weighted by molar-refractivity contribution is 9.11. The second kappa shape index (κ2) is 8.24. The van der Waals surface area contributed by atoms with Gasteiger partial charge in [-0.2, -0.15) is 0 Å². The average molecular weight is 482 g/mol. The van der Waals surface area contributed by atoms with Crippen molar-refractivity contribution in [3.8, 4) is 0 Å². The van der Waals surface area contributed by atoms with Gasteiger partial charge in [0.2, 0.25) is 0 Å². The molecule has 2 fully saturated rings. The molecule has 0 aromatic carbocycles. The molecule has 0 bridgehead atoms. The van der Waals surface area contributed by atoms with E-state index in [4.69, 9.17) is 4.43 Å². The molecule has 0 heterocycles. The SMILES string of the molecule is C[C@H](C[C@@H]1C=C[C@](C)(O[Si](C)(C)C(C)(C)C)C1)[C@H]1CCC2/C(=C/Br)CCC[C@@]21C. The van der Waals surface area contributed by atoms with Gasteiger partial charge in [0.1, 0.15) is 0 Å². The molecule has 3 rings (SSSR count). The van der Waals surface area contributed by atoms with Crippen LogP contribution in [0.2, 0.25) is 18.1 Å². The molecule has 0 saturated heterocycles. The van der Waals surface area contributed by atoms with E-state index in [2.05, 4.69) is 87.7 Å². The molecular weight excluding hydrogens is 436 g/mol. The summed E-state index contributed by atoms with van der Waals surface area (Å²) in [7, 11) is -1.75. The Morgan fingerprint density at radius 3 is 2.59 bits per heavy atom. The van der Waals surface area contributed by atoms with Crippen LogP contribution in [-0.4, -0.2) is 13.9 Å². The molecule has 0 aromatic heterocycles. The predicted octanol–water partition coefficient (Wildman–Crippen LogP) is 8.86. The molecule has 1 unspecified atom stereocenters. The zero-order valence-electron chi connectivity index (χ0n) is 20.3. The summed E-state index contributed by atoms with van der Waals surface area (Å²) < 4.78 is 6.86. The van der Waals surface area contributed by atoms with Crippen molar-refractivity contribution in [3.05, 3.63) is 22.7 Å². The largest absolute Gasteiger partial charge is 0.408 e. The summed E-state index contributed by atoms with van der Waals surface area (Å²) in [5.41, 5.74) is 2.14. The van der Waals surface area contributed by atoms with E-state index in [9.17, 15) is 0 Å². The van der Waals surface area contributed by atoms with Gasteiger partial charge in [0.25, 0.3) is 0 Å². The van der Waals surface area contributed by atoms with Crippen LogP contribution in [0.1, 0.15) is 86.5 Å². The summed E-state index contributed by atoms with van der Waals surface area (Å²) >= 11 is 3.67. The Kier molecular flexibility index (Phi) is 6.76. The third-order valence-electron chi connectivity index (χ3n) is 9.22. The van der Waals surface area contributed by atoms with Crippen molar-refractivity contribution in [3.63, 3.8) is 0 Å². The molecule has 3 heteroatoms. The molecule has 0 radical (unpaired) electrons. The number of fused-ring (bicyclic) bond motifs is 1. The predicted molar refractivity (Wildman–Crippen MR) is 133 cm³/mol. The van der Waals surface area contributed by atoms with Crippen LogP contribution in [0.25, 0.3) is 0 Å². The number of hydrogen-bond donors (Lipinski definition) is 0. The van der Waals surface area contributed by atoms with Gasteiger partial charge < -0.3 is 4.43 Å². The van der Waals surface area contributed by atoms with E-state index in [0.29, 0.717) is 11.3 Å². The average Bonchev–Trinajstić information content (AvgIpc) is 3.12. The molecule has 2 saturated carbocycles. The highest BCUT2D eigenvalue weighted by atomic mass is 79.9. The molecule has 0 N–H and O–H groups in total. The van der Waals surface area contributed by atoms with Gasteiger partial charge in [-0.25, -0.2) is 0 Å². The molecular formula is C26H45BrOSi. The molecule has 0 amide bonds. The first-order chi connectivity index (χ1) is 13.3. The second-order valence-corrected chi connectivity index (χ2v) is 17.7. The van der Waals surface area contributed by atoms with Crippen molar-refractivity contribution in [2.45, 2.75) is 110 Å². The number of rotatable bonds is 5. The van der Waals surface area contributed by atoms with Gasteiger partial charge in [0.05, 0.1) is 5.60 Å². The minimum atomic E-state index is -1.75. The number of hydrogen-bond acceptors (Lipinski definition) is 1. The molecule has 166 valence electrons.